The van der Waals surface area contributed by atoms with Crippen molar-refractivity contribution >= 4 is 17.5 Å². The van der Waals surface area contributed by atoms with Crippen molar-refractivity contribution in [1.82, 2.24) is 9.80 Å². The standard InChI is InChI=1S/C28H33N3O4/c1-16-9-11-31-15-26-14-27(25(4,5)19(26)13-28(16,31)23(33)30(26)6)17-7-8-18-21(20(17)29-22(27)32)34-12-10-24(2,3)35-18/h7-8,10,12,19H,1,9,11,13-15H2,2-6H3,(H,29,32)/t19?,26-,27?,28-/m1/s1. The molecule has 5 fully saturated rings. The summed E-state index contributed by atoms with van der Waals surface area (Å²) >= 11 is 0. The molecule has 1 N–H and O–H groups in total. The van der Waals surface area contributed by atoms with Crippen molar-refractivity contribution in [3.63, 3.8) is 0 Å². The molecule has 184 valence electrons. The zero-order chi connectivity index (χ0) is 24.8. The summed E-state index contributed by atoms with van der Waals surface area (Å²) in [5.41, 5.74) is -0.0401. The number of anilines is 1. The maximum atomic E-state index is 14.1. The second-order valence-electron chi connectivity index (χ2n) is 12.6. The van der Waals surface area contributed by atoms with Gasteiger partial charge in [0, 0.05) is 20.1 Å². The second kappa shape index (κ2) is 5.94. The first-order valence-electron chi connectivity index (χ1n) is 12.6. The fourth-order valence-corrected chi connectivity index (χ4v) is 8.69. The third-order valence-corrected chi connectivity index (χ3v) is 10.5. The molecule has 4 saturated heterocycles. The third kappa shape index (κ3) is 2.11. The Morgan fingerprint density at radius 1 is 1.17 bits per heavy atom. The largest absolute Gasteiger partial charge is 0.480 e. The van der Waals surface area contributed by atoms with Crippen LogP contribution in [0, 0.1) is 11.3 Å². The van der Waals surface area contributed by atoms with Gasteiger partial charge in [-0.3, -0.25) is 14.5 Å². The summed E-state index contributed by atoms with van der Waals surface area (Å²) in [4.78, 5) is 32.3. The normalized spacial score (nSPS) is 39.5. The smallest absolute Gasteiger partial charge is 0.247 e. The SMILES string of the molecule is C=C1CCN2C[C@]34CC5(C(=O)Nc6c5ccc5c6OC=CC(C)(C)O5)C(C)(C)C3C[C@]12C(=O)N4C. The number of likely N-dealkylation sites (N-methyl/N-ethyl adjacent to an activating group) is 1. The van der Waals surface area contributed by atoms with Crippen molar-refractivity contribution in [2.45, 2.75) is 69.1 Å². The van der Waals surface area contributed by atoms with Gasteiger partial charge in [0.25, 0.3) is 0 Å². The van der Waals surface area contributed by atoms with Gasteiger partial charge in [0.2, 0.25) is 11.8 Å². The summed E-state index contributed by atoms with van der Waals surface area (Å²) in [6.45, 7) is 14.4. The molecule has 8 rings (SSSR count). The number of piperazine rings is 1. The predicted molar refractivity (Wildman–Crippen MR) is 131 cm³/mol. The van der Waals surface area contributed by atoms with E-state index >= 15 is 0 Å². The van der Waals surface area contributed by atoms with Gasteiger partial charge in [0.1, 0.15) is 11.1 Å². The van der Waals surface area contributed by atoms with Crippen molar-refractivity contribution < 1.29 is 19.1 Å². The first-order chi connectivity index (χ1) is 16.4. The van der Waals surface area contributed by atoms with Gasteiger partial charge in [-0.05, 0) is 67.7 Å². The number of ether oxygens (including phenoxy) is 2. The highest BCUT2D eigenvalue weighted by Crippen LogP contribution is 2.72. The van der Waals surface area contributed by atoms with Crippen LogP contribution < -0.4 is 14.8 Å². The second-order valence-corrected chi connectivity index (χ2v) is 12.6. The molecule has 1 saturated carbocycles. The maximum Gasteiger partial charge on any atom is 0.247 e. The minimum atomic E-state index is -0.780. The average Bonchev–Trinajstić information content (AvgIpc) is 3.29. The van der Waals surface area contributed by atoms with Crippen LogP contribution >= 0.6 is 0 Å². The van der Waals surface area contributed by atoms with Crippen LogP contribution in [0.3, 0.4) is 0 Å². The Morgan fingerprint density at radius 2 is 1.94 bits per heavy atom. The van der Waals surface area contributed by atoms with Crippen molar-refractivity contribution in [1.29, 1.82) is 0 Å². The number of hydrogen-bond donors (Lipinski definition) is 1. The topological polar surface area (TPSA) is 71.1 Å². The van der Waals surface area contributed by atoms with Crippen LogP contribution in [0.15, 0.2) is 36.6 Å². The molecule has 2 amide bonds. The van der Waals surface area contributed by atoms with Crippen LogP contribution in [0.4, 0.5) is 5.69 Å². The molecule has 1 aromatic carbocycles. The predicted octanol–water partition coefficient (Wildman–Crippen LogP) is 3.60. The summed E-state index contributed by atoms with van der Waals surface area (Å²) < 4.78 is 12.2. The van der Waals surface area contributed by atoms with Crippen LogP contribution in [0.2, 0.25) is 0 Å². The number of benzene rings is 1. The van der Waals surface area contributed by atoms with Crippen molar-refractivity contribution in [3.05, 3.63) is 42.2 Å². The highest BCUT2D eigenvalue weighted by Gasteiger charge is 2.79. The number of carbonyl (C=O) groups excluding carboxylic acids is 2. The summed E-state index contributed by atoms with van der Waals surface area (Å²) in [6.07, 6.45) is 5.71. The number of rotatable bonds is 0. The Labute approximate surface area is 206 Å². The van der Waals surface area contributed by atoms with Gasteiger partial charge in [-0.1, -0.05) is 26.5 Å². The van der Waals surface area contributed by atoms with E-state index < -0.39 is 27.5 Å². The fraction of sp³-hybridized carbons (Fsp3) is 0.571. The minimum absolute atomic E-state index is 0.00783. The Bertz CT molecular complexity index is 1280. The van der Waals surface area contributed by atoms with Gasteiger partial charge >= 0.3 is 0 Å². The van der Waals surface area contributed by atoms with Crippen molar-refractivity contribution in [2.24, 2.45) is 11.3 Å². The van der Waals surface area contributed by atoms with Crippen LogP contribution in [0.1, 0.15) is 52.5 Å². The zero-order valence-corrected chi connectivity index (χ0v) is 21.2. The molecule has 0 radical (unpaired) electrons. The first kappa shape index (κ1) is 21.5. The van der Waals surface area contributed by atoms with E-state index in [4.69, 9.17) is 9.47 Å². The number of carbonyl (C=O) groups is 2. The molecule has 6 aliphatic heterocycles. The maximum absolute atomic E-state index is 14.1. The molecule has 7 nitrogen and oxygen atoms in total. The zero-order valence-electron chi connectivity index (χ0n) is 21.2. The molecule has 35 heavy (non-hydrogen) atoms. The van der Waals surface area contributed by atoms with E-state index in [1.54, 1.807) is 6.26 Å². The fourth-order valence-electron chi connectivity index (χ4n) is 8.69. The molecule has 2 bridgehead atoms. The van der Waals surface area contributed by atoms with Crippen LogP contribution in [0.25, 0.3) is 0 Å². The van der Waals surface area contributed by atoms with Crippen LogP contribution in [0.5, 0.6) is 11.5 Å². The third-order valence-electron chi connectivity index (χ3n) is 10.5. The quantitative estimate of drug-likeness (QED) is 0.581. The van der Waals surface area contributed by atoms with Gasteiger partial charge < -0.3 is 19.7 Å². The van der Waals surface area contributed by atoms with Gasteiger partial charge in [0.05, 0.1) is 22.9 Å². The lowest BCUT2D eigenvalue weighted by molar-refractivity contribution is -0.179. The molecular formula is C28H33N3O4. The number of amides is 2. The van der Waals surface area contributed by atoms with Gasteiger partial charge in [-0.2, -0.15) is 0 Å². The molecule has 4 atom stereocenters. The first-order valence-corrected chi connectivity index (χ1v) is 12.6. The van der Waals surface area contributed by atoms with E-state index in [2.05, 4.69) is 30.6 Å². The van der Waals surface area contributed by atoms with E-state index in [1.807, 2.05) is 44.0 Å². The van der Waals surface area contributed by atoms with E-state index in [-0.39, 0.29) is 17.7 Å². The molecule has 3 spiro atoms. The number of nitrogens with one attached hydrogen (secondary N) is 1. The summed E-state index contributed by atoms with van der Waals surface area (Å²) in [7, 11) is 1.95. The lowest BCUT2D eigenvalue weighted by Gasteiger charge is -2.64. The van der Waals surface area contributed by atoms with E-state index in [0.29, 0.717) is 23.6 Å². The lowest BCUT2D eigenvalue weighted by Crippen LogP contribution is -2.78. The highest BCUT2D eigenvalue weighted by molar-refractivity contribution is 6.10. The minimum Gasteiger partial charge on any atom is -0.480 e. The van der Waals surface area contributed by atoms with E-state index in [9.17, 15) is 9.59 Å². The Balaban J connectivity index is 1.42. The van der Waals surface area contributed by atoms with Crippen molar-refractivity contribution in [3.8, 4) is 11.5 Å². The molecule has 1 aliphatic carbocycles. The van der Waals surface area contributed by atoms with E-state index in [1.165, 1.54) is 0 Å². The molecular weight excluding hydrogens is 442 g/mol. The number of hydrogen-bond acceptors (Lipinski definition) is 5. The highest BCUT2D eigenvalue weighted by atomic mass is 16.5. The Morgan fingerprint density at radius 3 is 2.71 bits per heavy atom. The van der Waals surface area contributed by atoms with Gasteiger partial charge in [-0.15, -0.1) is 0 Å². The molecule has 0 aromatic heterocycles. The summed E-state index contributed by atoms with van der Waals surface area (Å²) in [5, 5.41) is 3.20. The van der Waals surface area contributed by atoms with Crippen LogP contribution in [-0.2, 0) is 15.0 Å². The lowest BCUT2D eigenvalue weighted by atomic mass is 9.57. The number of piperidine rings is 2. The molecule has 1 aromatic rings. The molecule has 7 heteroatoms. The monoisotopic (exact) mass is 475 g/mol. The molecule has 2 unspecified atom stereocenters. The summed E-state index contributed by atoms with van der Waals surface area (Å²) in [6, 6.07) is 3.98. The Hall–Kier alpha value is -2.80. The van der Waals surface area contributed by atoms with Crippen molar-refractivity contribution in [2.75, 3.05) is 25.5 Å². The molecule has 7 aliphatic rings. The number of nitrogens with zero attached hydrogens (tertiary/aromatic N) is 2. The molecule has 6 heterocycles. The van der Waals surface area contributed by atoms with Gasteiger partial charge in [-0.25, -0.2) is 0 Å². The average molecular weight is 476 g/mol. The van der Waals surface area contributed by atoms with E-state index in [0.717, 1.165) is 37.1 Å². The summed E-state index contributed by atoms with van der Waals surface area (Å²) in [5.74, 6) is 1.48. The van der Waals surface area contributed by atoms with Gasteiger partial charge in [0.15, 0.2) is 11.5 Å². The Kier molecular flexibility index (Phi) is 3.65. The number of fused-ring (bicyclic) bond motifs is 5. The van der Waals surface area contributed by atoms with Crippen LogP contribution in [-0.4, -0.2) is 58.4 Å².